The summed E-state index contributed by atoms with van der Waals surface area (Å²) in [6.07, 6.45) is 1.13. The second-order valence-electron chi connectivity index (χ2n) is 7.63. The predicted molar refractivity (Wildman–Crippen MR) is 109 cm³/mol. The van der Waals surface area contributed by atoms with Gasteiger partial charge in [-0.3, -0.25) is 9.59 Å². The number of halogens is 2. The Bertz CT molecular complexity index is 1160. The van der Waals surface area contributed by atoms with Gasteiger partial charge in [-0.05, 0) is 44.0 Å². The Kier molecular flexibility index (Phi) is 5.58. The maximum Gasteiger partial charge on any atom is 0.255 e. The molecule has 0 bridgehead atoms. The van der Waals surface area contributed by atoms with Crippen LogP contribution in [0.1, 0.15) is 40.0 Å². The second-order valence-corrected chi connectivity index (χ2v) is 7.63. The molecule has 1 atom stereocenters. The highest BCUT2D eigenvalue weighted by Gasteiger charge is 2.24. The number of carbonyl (C=O) groups excluding carboxylic acids is 2. The summed E-state index contributed by atoms with van der Waals surface area (Å²) in [6.45, 7) is 3.53. The molecule has 1 aromatic carbocycles. The van der Waals surface area contributed by atoms with Crippen molar-refractivity contribution >= 4 is 17.3 Å². The first-order valence-corrected chi connectivity index (χ1v) is 9.96. The summed E-state index contributed by atoms with van der Waals surface area (Å²) in [6, 6.07) is 7.02. The van der Waals surface area contributed by atoms with Crippen LogP contribution in [0.4, 0.5) is 8.78 Å². The van der Waals surface area contributed by atoms with E-state index in [0.29, 0.717) is 36.2 Å². The van der Waals surface area contributed by atoms with Gasteiger partial charge in [0.15, 0.2) is 0 Å². The first kappa shape index (κ1) is 20.8. The molecule has 0 spiro atoms. The number of fused-ring (bicyclic) bond motifs is 1. The van der Waals surface area contributed by atoms with Crippen LogP contribution in [0.5, 0.6) is 5.88 Å². The number of ether oxygens (including phenoxy) is 1. The zero-order valence-corrected chi connectivity index (χ0v) is 17.2. The first-order chi connectivity index (χ1) is 14.8. The number of benzene rings is 1. The molecule has 2 N–H and O–H groups in total. The Labute approximate surface area is 177 Å². The predicted octanol–water partition coefficient (Wildman–Crippen LogP) is 2.82. The average Bonchev–Trinajstić information content (AvgIpc) is 3.28. The van der Waals surface area contributed by atoms with Crippen molar-refractivity contribution in [1.82, 2.24) is 20.2 Å². The molecule has 7 nitrogen and oxygen atoms in total. The molecule has 1 aliphatic heterocycles. The summed E-state index contributed by atoms with van der Waals surface area (Å²) in [5.74, 6) is -1.46. The average molecular weight is 428 g/mol. The standard InChI is InChI=1S/C22H22F2N4O3/c1-12-8-18-21(22(30)25-10-14-6-7-19(29)26-14)13(2)27-28(18)20(9-12)31-11-15-16(23)4-3-5-17(15)24/h3-5,8-9,14H,6-7,10-11H2,1-2H3,(H,25,30)(H,26,29). The quantitative estimate of drug-likeness (QED) is 0.632. The number of amides is 2. The van der Waals surface area contributed by atoms with Crippen LogP contribution in [0.2, 0.25) is 0 Å². The van der Waals surface area contributed by atoms with Crippen LogP contribution in [0.3, 0.4) is 0 Å². The molecule has 1 aliphatic rings. The van der Waals surface area contributed by atoms with E-state index in [0.717, 1.165) is 5.56 Å². The van der Waals surface area contributed by atoms with Gasteiger partial charge in [0.05, 0.1) is 22.3 Å². The fourth-order valence-electron chi connectivity index (χ4n) is 3.69. The molecular weight excluding hydrogens is 406 g/mol. The summed E-state index contributed by atoms with van der Waals surface area (Å²) in [4.78, 5) is 24.2. The highest BCUT2D eigenvalue weighted by molar-refractivity contribution is 6.02. The maximum atomic E-state index is 13.9. The summed E-state index contributed by atoms with van der Waals surface area (Å²) >= 11 is 0. The number of nitrogens with one attached hydrogen (secondary N) is 2. The van der Waals surface area contributed by atoms with E-state index in [-0.39, 0.29) is 35.9 Å². The number of aromatic nitrogens is 2. The minimum atomic E-state index is -0.695. The van der Waals surface area contributed by atoms with Crippen molar-refractivity contribution in [3.63, 3.8) is 0 Å². The lowest BCUT2D eigenvalue weighted by Gasteiger charge is -2.12. The van der Waals surface area contributed by atoms with Gasteiger partial charge in [0.1, 0.15) is 18.2 Å². The molecule has 1 saturated heterocycles. The second kappa shape index (κ2) is 8.33. The largest absolute Gasteiger partial charge is 0.473 e. The van der Waals surface area contributed by atoms with Gasteiger partial charge in [0, 0.05) is 25.1 Å². The van der Waals surface area contributed by atoms with Gasteiger partial charge in [-0.1, -0.05) is 6.07 Å². The fraction of sp³-hybridized carbons (Fsp3) is 0.318. The number of hydrogen-bond acceptors (Lipinski definition) is 4. The molecule has 3 aromatic rings. The minimum Gasteiger partial charge on any atom is -0.473 e. The van der Waals surface area contributed by atoms with Gasteiger partial charge in [-0.15, -0.1) is 0 Å². The van der Waals surface area contributed by atoms with Gasteiger partial charge < -0.3 is 15.4 Å². The van der Waals surface area contributed by atoms with Gasteiger partial charge in [0.25, 0.3) is 5.91 Å². The zero-order valence-electron chi connectivity index (χ0n) is 17.2. The van der Waals surface area contributed by atoms with Crippen LogP contribution in [0, 0.1) is 25.5 Å². The smallest absolute Gasteiger partial charge is 0.255 e. The van der Waals surface area contributed by atoms with Crippen LogP contribution < -0.4 is 15.4 Å². The monoisotopic (exact) mass is 428 g/mol. The third kappa shape index (κ3) is 4.21. The van der Waals surface area contributed by atoms with E-state index in [1.54, 1.807) is 19.1 Å². The number of hydrogen-bond donors (Lipinski definition) is 2. The number of rotatable bonds is 6. The Morgan fingerprint density at radius 3 is 2.71 bits per heavy atom. The van der Waals surface area contributed by atoms with E-state index >= 15 is 0 Å². The number of pyridine rings is 1. The van der Waals surface area contributed by atoms with E-state index in [2.05, 4.69) is 15.7 Å². The highest BCUT2D eigenvalue weighted by atomic mass is 19.1. The van der Waals surface area contributed by atoms with Crippen molar-refractivity contribution in [3.05, 3.63) is 64.4 Å². The molecule has 2 amide bonds. The molecule has 9 heteroatoms. The molecule has 0 aliphatic carbocycles. The summed E-state index contributed by atoms with van der Waals surface area (Å²) in [5, 5.41) is 10.1. The van der Waals surface area contributed by atoms with Crippen molar-refractivity contribution in [2.75, 3.05) is 6.54 Å². The lowest BCUT2D eigenvalue weighted by atomic mass is 10.1. The van der Waals surface area contributed by atoms with Crippen LogP contribution in [-0.2, 0) is 11.4 Å². The summed E-state index contributed by atoms with van der Waals surface area (Å²) in [7, 11) is 0. The van der Waals surface area contributed by atoms with Gasteiger partial charge in [-0.25, -0.2) is 8.78 Å². The van der Waals surface area contributed by atoms with Gasteiger partial charge in [0.2, 0.25) is 11.8 Å². The molecule has 1 fully saturated rings. The minimum absolute atomic E-state index is 0.0184. The van der Waals surface area contributed by atoms with Crippen molar-refractivity contribution in [2.45, 2.75) is 39.3 Å². The van der Waals surface area contributed by atoms with Crippen LogP contribution in [0.15, 0.2) is 30.3 Å². The van der Waals surface area contributed by atoms with Crippen molar-refractivity contribution in [2.24, 2.45) is 0 Å². The normalized spacial score (nSPS) is 15.9. The molecular formula is C22H22F2N4O3. The molecule has 4 rings (SSSR count). The Hall–Kier alpha value is -3.49. The molecule has 31 heavy (non-hydrogen) atoms. The lowest BCUT2D eigenvalue weighted by Crippen LogP contribution is -2.38. The van der Waals surface area contributed by atoms with Crippen LogP contribution in [0.25, 0.3) is 5.52 Å². The molecule has 0 radical (unpaired) electrons. The van der Waals surface area contributed by atoms with E-state index in [9.17, 15) is 18.4 Å². The van der Waals surface area contributed by atoms with Gasteiger partial charge >= 0.3 is 0 Å². The van der Waals surface area contributed by atoms with Crippen LogP contribution >= 0.6 is 0 Å². The topological polar surface area (TPSA) is 84.7 Å². The van der Waals surface area contributed by atoms with E-state index in [4.69, 9.17) is 4.74 Å². The van der Waals surface area contributed by atoms with Gasteiger partial charge in [-0.2, -0.15) is 9.61 Å². The Morgan fingerprint density at radius 1 is 1.29 bits per heavy atom. The van der Waals surface area contributed by atoms with E-state index in [1.807, 2.05) is 6.92 Å². The third-order valence-electron chi connectivity index (χ3n) is 5.27. The highest BCUT2D eigenvalue weighted by Crippen LogP contribution is 2.25. The maximum absolute atomic E-state index is 13.9. The first-order valence-electron chi connectivity index (χ1n) is 9.96. The summed E-state index contributed by atoms with van der Waals surface area (Å²) in [5.41, 5.74) is 2.01. The number of nitrogens with zero attached hydrogens (tertiary/aromatic N) is 2. The van der Waals surface area contributed by atoms with Crippen molar-refractivity contribution in [3.8, 4) is 5.88 Å². The fourth-order valence-corrected chi connectivity index (χ4v) is 3.69. The molecule has 3 heterocycles. The van der Waals surface area contributed by atoms with Crippen LogP contribution in [-0.4, -0.2) is 34.0 Å². The Morgan fingerprint density at radius 2 is 2.03 bits per heavy atom. The SMILES string of the molecule is Cc1cc(OCc2c(F)cccc2F)n2nc(C)c(C(=O)NCC3CCC(=O)N3)c2c1. The summed E-state index contributed by atoms with van der Waals surface area (Å²) < 4.78 is 35.0. The molecule has 162 valence electrons. The Balaban J connectivity index is 1.59. The van der Waals surface area contributed by atoms with E-state index in [1.165, 1.54) is 22.7 Å². The third-order valence-corrected chi connectivity index (χ3v) is 5.27. The number of carbonyl (C=O) groups is 2. The van der Waals surface area contributed by atoms with Crippen molar-refractivity contribution < 1.29 is 23.1 Å². The lowest BCUT2D eigenvalue weighted by molar-refractivity contribution is -0.119. The van der Waals surface area contributed by atoms with Crippen molar-refractivity contribution in [1.29, 1.82) is 0 Å². The number of aryl methyl sites for hydroxylation is 2. The molecule has 2 aromatic heterocycles. The molecule has 0 saturated carbocycles. The van der Waals surface area contributed by atoms with E-state index < -0.39 is 11.6 Å². The molecule has 1 unspecified atom stereocenters. The zero-order chi connectivity index (χ0) is 22.1.